The molecule has 0 aliphatic rings. The van der Waals surface area contributed by atoms with Gasteiger partial charge in [0.1, 0.15) is 0 Å². The SMILES string of the molecule is NC(=O)CC(N)C(=O)NCCCOCc1ccccc1. The zero-order chi connectivity index (χ0) is 14.8. The molecule has 0 aliphatic carbocycles. The van der Waals surface area contributed by atoms with Crippen LogP contribution in [0, 0.1) is 0 Å². The lowest BCUT2D eigenvalue weighted by Gasteiger charge is -2.10. The van der Waals surface area contributed by atoms with E-state index in [9.17, 15) is 9.59 Å². The fourth-order valence-electron chi connectivity index (χ4n) is 1.59. The number of hydrogen-bond acceptors (Lipinski definition) is 4. The van der Waals surface area contributed by atoms with Crippen molar-refractivity contribution in [2.24, 2.45) is 11.5 Å². The molecule has 0 spiro atoms. The van der Waals surface area contributed by atoms with Crippen LogP contribution in [0.25, 0.3) is 0 Å². The van der Waals surface area contributed by atoms with E-state index >= 15 is 0 Å². The molecule has 5 N–H and O–H groups in total. The quantitative estimate of drug-likeness (QED) is 0.549. The van der Waals surface area contributed by atoms with E-state index in [1.807, 2.05) is 30.3 Å². The van der Waals surface area contributed by atoms with Crippen LogP contribution in [0.15, 0.2) is 30.3 Å². The normalized spacial score (nSPS) is 11.8. The molecule has 6 nitrogen and oxygen atoms in total. The van der Waals surface area contributed by atoms with Crippen LogP contribution in [-0.2, 0) is 20.9 Å². The highest BCUT2D eigenvalue weighted by Gasteiger charge is 2.14. The first-order valence-corrected chi connectivity index (χ1v) is 6.53. The van der Waals surface area contributed by atoms with Gasteiger partial charge < -0.3 is 21.5 Å². The summed E-state index contributed by atoms with van der Waals surface area (Å²) in [5.74, 6) is -0.953. The van der Waals surface area contributed by atoms with Crippen molar-refractivity contribution >= 4 is 11.8 Å². The molecule has 20 heavy (non-hydrogen) atoms. The maximum absolute atomic E-state index is 11.4. The van der Waals surface area contributed by atoms with Crippen molar-refractivity contribution in [3.05, 3.63) is 35.9 Å². The Morgan fingerprint density at radius 1 is 1.25 bits per heavy atom. The van der Waals surface area contributed by atoms with E-state index in [-0.39, 0.29) is 12.3 Å². The van der Waals surface area contributed by atoms with Crippen LogP contribution in [-0.4, -0.2) is 31.0 Å². The summed E-state index contributed by atoms with van der Waals surface area (Å²) in [6.07, 6.45) is 0.540. The van der Waals surface area contributed by atoms with Gasteiger partial charge in [-0.1, -0.05) is 30.3 Å². The molecule has 1 atom stereocenters. The summed E-state index contributed by atoms with van der Waals surface area (Å²) in [5.41, 5.74) is 11.6. The number of nitrogens with one attached hydrogen (secondary N) is 1. The highest BCUT2D eigenvalue weighted by Crippen LogP contribution is 2.00. The van der Waals surface area contributed by atoms with Gasteiger partial charge in [0.15, 0.2) is 0 Å². The van der Waals surface area contributed by atoms with Crippen LogP contribution in [0.3, 0.4) is 0 Å². The second-order valence-corrected chi connectivity index (χ2v) is 4.46. The first-order chi connectivity index (χ1) is 9.59. The standard InChI is InChI=1S/C14H21N3O3/c15-12(9-13(16)18)14(19)17-7-4-8-20-10-11-5-2-1-3-6-11/h1-3,5-6,12H,4,7-10,15H2,(H2,16,18)(H,17,19). The van der Waals surface area contributed by atoms with E-state index in [0.29, 0.717) is 26.2 Å². The van der Waals surface area contributed by atoms with Crippen LogP contribution in [0.1, 0.15) is 18.4 Å². The van der Waals surface area contributed by atoms with E-state index in [1.165, 1.54) is 0 Å². The van der Waals surface area contributed by atoms with Gasteiger partial charge in [-0.2, -0.15) is 0 Å². The molecule has 1 rings (SSSR count). The second kappa shape index (κ2) is 9.06. The molecule has 1 aromatic carbocycles. The van der Waals surface area contributed by atoms with Crippen molar-refractivity contribution in [2.75, 3.05) is 13.2 Å². The fraction of sp³-hybridized carbons (Fsp3) is 0.429. The van der Waals surface area contributed by atoms with Crippen molar-refractivity contribution in [1.82, 2.24) is 5.32 Å². The molecule has 2 amide bonds. The van der Waals surface area contributed by atoms with Crippen molar-refractivity contribution in [3.8, 4) is 0 Å². The second-order valence-electron chi connectivity index (χ2n) is 4.46. The molecule has 0 saturated carbocycles. The minimum Gasteiger partial charge on any atom is -0.377 e. The number of amides is 2. The first-order valence-electron chi connectivity index (χ1n) is 6.53. The predicted octanol–water partition coefficient (Wildman–Crippen LogP) is -0.0878. The first kappa shape index (κ1) is 16.1. The summed E-state index contributed by atoms with van der Waals surface area (Å²) in [4.78, 5) is 22.1. The molecule has 1 unspecified atom stereocenters. The molecule has 0 aliphatic heterocycles. The summed E-state index contributed by atoms with van der Waals surface area (Å²) in [5, 5.41) is 2.63. The van der Waals surface area contributed by atoms with E-state index in [2.05, 4.69) is 5.32 Å². The largest absolute Gasteiger partial charge is 0.377 e. The number of carbonyl (C=O) groups is 2. The van der Waals surface area contributed by atoms with E-state index in [4.69, 9.17) is 16.2 Å². The Morgan fingerprint density at radius 2 is 1.95 bits per heavy atom. The van der Waals surface area contributed by atoms with Gasteiger partial charge in [-0.15, -0.1) is 0 Å². The fourth-order valence-corrected chi connectivity index (χ4v) is 1.59. The van der Waals surface area contributed by atoms with Gasteiger partial charge in [-0.3, -0.25) is 9.59 Å². The minimum absolute atomic E-state index is 0.143. The number of hydrogen-bond donors (Lipinski definition) is 3. The van der Waals surface area contributed by atoms with Crippen molar-refractivity contribution < 1.29 is 14.3 Å². The van der Waals surface area contributed by atoms with Crippen molar-refractivity contribution in [3.63, 3.8) is 0 Å². The Labute approximate surface area is 118 Å². The van der Waals surface area contributed by atoms with Gasteiger partial charge in [-0.25, -0.2) is 0 Å². The molecular formula is C14H21N3O3. The third-order valence-corrected chi connectivity index (χ3v) is 2.63. The summed E-state index contributed by atoms with van der Waals surface area (Å²) in [7, 11) is 0. The molecule has 0 aromatic heterocycles. The maximum Gasteiger partial charge on any atom is 0.237 e. The van der Waals surface area contributed by atoms with Gasteiger partial charge in [0.25, 0.3) is 0 Å². The third-order valence-electron chi connectivity index (χ3n) is 2.63. The topological polar surface area (TPSA) is 107 Å². The zero-order valence-electron chi connectivity index (χ0n) is 11.4. The van der Waals surface area contributed by atoms with Crippen molar-refractivity contribution in [2.45, 2.75) is 25.5 Å². The predicted molar refractivity (Wildman–Crippen MR) is 75.5 cm³/mol. The summed E-state index contributed by atoms with van der Waals surface area (Å²) >= 11 is 0. The number of rotatable bonds is 9. The Bertz CT molecular complexity index is 423. The molecule has 1 aromatic rings. The average molecular weight is 279 g/mol. The number of nitrogens with two attached hydrogens (primary N) is 2. The number of primary amides is 1. The lowest BCUT2D eigenvalue weighted by atomic mass is 10.2. The summed E-state index contributed by atoms with van der Waals surface area (Å²) < 4.78 is 5.47. The molecular weight excluding hydrogens is 258 g/mol. The monoisotopic (exact) mass is 279 g/mol. The van der Waals surface area contributed by atoms with Gasteiger partial charge in [0.05, 0.1) is 19.1 Å². The smallest absolute Gasteiger partial charge is 0.237 e. The molecule has 0 heterocycles. The van der Waals surface area contributed by atoms with Crippen LogP contribution < -0.4 is 16.8 Å². The van der Waals surface area contributed by atoms with E-state index in [0.717, 1.165) is 5.56 Å². The number of carbonyl (C=O) groups excluding carboxylic acids is 2. The maximum atomic E-state index is 11.4. The number of ether oxygens (including phenoxy) is 1. The molecule has 6 heteroatoms. The average Bonchev–Trinajstić information content (AvgIpc) is 2.42. The van der Waals surface area contributed by atoms with Crippen LogP contribution in [0.5, 0.6) is 0 Å². The molecule has 110 valence electrons. The lowest BCUT2D eigenvalue weighted by Crippen LogP contribution is -2.43. The lowest BCUT2D eigenvalue weighted by molar-refractivity contribution is -0.126. The zero-order valence-corrected chi connectivity index (χ0v) is 11.4. The van der Waals surface area contributed by atoms with E-state index < -0.39 is 11.9 Å². The Balaban J connectivity index is 2.04. The molecule has 0 saturated heterocycles. The number of benzene rings is 1. The Kier molecular flexibility index (Phi) is 7.31. The molecule has 0 radical (unpaired) electrons. The minimum atomic E-state index is -0.877. The molecule has 0 fully saturated rings. The van der Waals surface area contributed by atoms with Gasteiger partial charge >= 0.3 is 0 Å². The highest BCUT2D eigenvalue weighted by atomic mass is 16.5. The summed E-state index contributed by atoms with van der Waals surface area (Å²) in [6, 6.07) is 8.97. The van der Waals surface area contributed by atoms with Gasteiger partial charge in [0, 0.05) is 13.2 Å². The Morgan fingerprint density at radius 3 is 2.60 bits per heavy atom. The third kappa shape index (κ3) is 6.86. The van der Waals surface area contributed by atoms with Crippen molar-refractivity contribution in [1.29, 1.82) is 0 Å². The van der Waals surface area contributed by atoms with Gasteiger partial charge in [0.2, 0.25) is 11.8 Å². The summed E-state index contributed by atoms with van der Waals surface area (Å²) in [6.45, 7) is 1.55. The Hall–Kier alpha value is -1.92. The van der Waals surface area contributed by atoms with E-state index in [1.54, 1.807) is 0 Å². The van der Waals surface area contributed by atoms with Gasteiger partial charge in [-0.05, 0) is 12.0 Å². The van der Waals surface area contributed by atoms with Crippen LogP contribution >= 0.6 is 0 Å². The molecule has 0 bridgehead atoms. The highest BCUT2D eigenvalue weighted by molar-refractivity contribution is 5.87. The van der Waals surface area contributed by atoms with Crippen LogP contribution in [0.4, 0.5) is 0 Å². The van der Waals surface area contributed by atoms with Crippen LogP contribution in [0.2, 0.25) is 0 Å².